The van der Waals surface area contributed by atoms with Crippen LogP contribution >= 0.6 is 0 Å². The molecule has 0 bridgehead atoms. The van der Waals surface area contributed by atoms with Crippen molar-refractivity contribution in [2.75, 3.05) is 14.2 Å². The molecule has 6 heteroatoms. The SMILES string of the molecule is COc1ccc2cc(C(=O)N(C)Cc3ccc(C(N)=O)cc3)[nH]c2c1. The van der Waals surface area contributed by atoms with Gasteiger partial charge < -0.3 is 20.4 Å². The van der Waals surface area contributed by atoms with Crippen LogP contribution in [0.4, 0.5) is 0 Å². The maximum Gasteiger partial charge on any atom is 0.270 e. The topological polar surface area (TPSA) is 88.4 Å². The first-order chi connectivity index (χ1) is 12.0. The van der Waals surface area contributed by atoms with Crippen LogP contribution in [0, 0.1) is 0 Å². The molecule has 0 atom stereocenters. The summed E-state index contributed by atoms with van der Waals surface area (Å²) in [6, 6.07) is 14.3. The minimum absolute atomic E-state index is 0.117. The molecule has 0 aliphatic carbocycles. The van der Waals surface area contributed by atoms with E-state index in [1.165, 1.54) is 0 Å². The molecule has 3 rings (SSSR count). The number of nitrogens with one attached hydrogen (secondary N) is 1. The van der Waals surface area contributed by atoms with Gasteiger partial charge in [0.2, 0.25) is 5.91 Å². The number of hydrogen-bond donors (Lipinski definition) is 2. The number of aromatic amines is 1. The fraction of sp³-hybridized carbons (Fsp3) is 0.158. The molecule has 3 N–H and O–H groups in total. The van der Waals surface area contributed by atoms with Crippen molar-refractivity contribution in [3.63, 3.8) is 0 Å². The minimum Gasteiger partial charge on any atom is -0.497 e. The van der Waals surface area contributed by atoms with Crippen molar-refractivity contribution in [3.8, 4) is 5.75 Å². The van der Waals surface area contributed by atoms with Crippen molar-refractivity contribution in [2.45, 2.75) is 6.54 Å². The molecule has 25 heavy (non-hydrogen) atoms. The summed E-state index contributed by atoms with van der Waals surface area (Å²) in [6.07, 6.45) is 0. The normalized spacial score (nSPS) is 10.6. The van der Waals surface area contributed by atoms with Crippen LogP contribution in [0.15, 0.2) is 48.5 Å². The number of ether oxygens (including phenoxy) is 1. The number of fused-ring (bicyclic) bond motifs is 1. The second-order valence-corrected chi connectivity index (χ2v) is 5.86. The Bertz CT molecular complexity index is 929. The van der Waals surface area contributed by atoms with Crippen LogP contribution in [0.1, 0.15) is 26.4 Å². The molecule has 0 aliphatic heterocycles. The molecule has 1 heterocycles. The van der Waals surface area contributed by atoms with Crippen LogP contribution in [0.2, 0.25) is 0 Å². The van der Waals surface area contributed by atoms with E-state index >= 15 is 0 Å². The minimum atomic E-state index is -0.468. The lowest BCUT2D eigenvalue weighted by Gasteiger charge is -2.16. The molecule has 0 unspecified atom stereocenters. The van der Waals surface area contributed by atoms with Gasteiger partial charge in [0.15, 0.2) is 0 Å². The number of rotatable bonds is 5. The number of methoxy groups -OCH3 is 1. The Morgan fingerprint density at radius 1 is 1.12 bits per heavy atom. The van der Waals surface area contributed by atoms with Crippen molar-refractivity contribution in [2.24, 2.45) is 5.73 Å². The number of amides is 2. The zero-order chi connectivity index (χ0) is 18.0. The van der Waals surface area contributed by atoms with Crippen molar-refractivity contribution < 1.29 is 14.3 Å². The van der Waals surface area contributed by atoms with Crippen LogP contribution in [0.3, 0.4) is 0 Å². The molecule has 6 nitrogen and oxygen atoms in total. The van der Waals surface area contributed by atoms with Gasteiger partial charge in [-0.05, 0) is 35.9 Å². The van der Waals surface area contributed by atoms with E-state index in [-0.39, 0.29) is 5.91 Å². The summed E-state index contributed by atoms with van der Waals surface area (Å²) in [5.74, 6) is 0.148. The average molecular weight is 337 g/mol. The van der Waals surface area contributed by atoms with Gasteiger partial charge in [-0.1, -0.05) is 12.1 Å². The van der Waals surface area contributed by atoms with Gasteiger partial charge in [0.25, 0.3) is 5.91 Å². The van der Waals surface area contributed by atoms with Gasteiger partial charge in [-0.15, -0.1) is 0 Å². The van der Waals surface area contributed by atoms with Crippen LogP contribution in [-0.2, 0) is 6.54 Å². The third kappa shape index (κ3) is 3.47. The number of carbonyl (C=O) groups excluding carboxylic acids is 2. The molecule has 2 aromatic carbocycles. The summed E-state index contributed by atoms with van der Waals surface area (Å²) in [5, 5.41) is 0.948. The zero-order valence-corrected chi connectivity index (χ0v) is 14.1. The summed E-state index contributed by atoms with van der Waals surface area (Å²) in [7, 11) is 3.34. The number of H-pyrrole nitrogens is 1. The lowest BCUT2D eigenvalue weighted by molar-refractivity contribution is 0.0780. The smallest absolute Gasteiger partial charge is 0.270 e. The predicted octanol–water partition coefficient (Wildman–Crippen LogP) is 2.55. The standard InChI is InChI=1S/C19H19N3O3/c1-22(11-12-3-5-13(6-4-12)18(20)23)19(24)17-9-14-7-8-15(25-2)10-16(14)21-17/h3-10,21H,11H2,1-2H3,(H2,20,23). The van der Waals surface area contributed by atoms with Crippen LogP contribution in [-0.4, -0.2) is 35.9 Å². The maximum absolute atomic E-state index is 12.6. The number of aromatic nitrogens is 1. The number of nitrogens with zero attached hydrogens (tertiary/aromatic N) is 1. The Balaban J connectivity index is 1.76. The van der Waals surface area contributed by atoms with Gasteiger partial charge in [0.05, 0.1) is 7.11 Å². The highest BCUT2D eigenvalue weighted by molar-refractivity contribution is 5.98. The van der Waals surface area contributed by atoms with Crippen LogP contribution < -0.4 is 10.5 Å². The number of nitrogens with two attached hydrogens (primary N) is 1. The number of benzene rings is 2. The van der Waals surface area contributed by atoms with Gasteiger partial charge in [-0.3, -0.25) is 9.59 Å². The van der Waals surface area contributed by atoms with Crippen molar-refractivity contribution in [1.82, 2.24) is 9.88 Å². The first kappa shape index (κ1) is 16.6. The monoisotopic (exact) mass is 337 g/mol. The largest absolute Gasteiger partial charge is 0.497 e. The highest BCUT2D eigenvalue weighted by atomic mass is 16.5. The van der Waals surface area contributed by atoms with E-state index in [1.807, 2.05) is 24.3 Å². The fourth-order valence-electron chi connectivity index (χ4n) is 2.67. The summed E-state index contributed by atoms with van der Waals surface area (Å²) in [5.41, 5.74) is 7.95. The van der Waals surface area contributed by atoms with Crippen molar-refractivity contribution in [3.05, 3.63) is 65.4 Å². The van der Waals surface area contributed by atoms with E-state index in [0.717, 1.165) is 22.2 Å². The second-order valence-electron chi connectivity index (χ2n) is 5.86. The molecule has 0 saturated heterocycles. The van der Waals surface area contributed by atoms with Gasteiger partial charge in [-0.2, -0.15) is 0 Å². The molecule has 2 amide bonds. The van der Waals surface area contributed by atoms with Gasteiger partial charge in [0.1, 0.15) is 11.4 Å². The molecule has 3 aromatic rings. The Labute approximate surface area is 145 Å². The zero-order valence-electron chi connectivity index (χ0n) is 14.1. The molecule has 0 radical (unpaired) electrons. The molecule has 128 valence electrons. The van der Waals surface area contributed by atoms with E-state index in [2.05, 4.69) is 4.98 Å². The Morgan fingerprint density at radius 3 is 2.48 bits per heavy atom. The fourth-order valence-corrected chi connectivity index (χ4v) is 2.67. The molecule has 0 saturated carbocycles. The van der Waals surface area contributed by atoms with Gasteiger partial charge >= 0.3 is 0 Å². The first-order valence-electron chi connectivity index (χ1n) is 7.79. The Kier molecular flexibility index (Phi) is 4.43. The van der Waals surface area contributed by atoms with Gasteiger partial charge in [0, 0.05) is 36.1 Å². The predicted molar refractivity (Wildman–Crippen MR) is 95.6 cm³/mol. The summed E-state index contributed by atoms with van der Waals surface area (Å²) >= 11 is 0. The van der Waals surface area contributed by atoms with E-state index in [0.29, 0.717) is 17.8 Å². The van der Waals surface area contributed by atoms with E-state index < -0.39 is 5.91 Å². The summed E-state index contributed by atoms with van der Waals surface area (Å²) in [6.45, 7) is 0.427. The van der Waals surface area contributed by atoms with Crippen LogP contribution in [0.25, 0.3) is 10.9 Å². The first-order valence-corrected chi connectivity index (χ1v) is 7.79. The number of primary amides is 1. The third-order valence-electron chi connectivity index (χ3n) is 4.06. The van der Waals surface area contributed by atoms with E-state index in [4.69, 9.17) is 10.5 Å². The summed E-state index contributed by atoms with van der Waals surface area (Å²) in [4.78, 5) is 28.5. The molecule has 0 spiro atoms. The van der Waals surface area contributed by atoms with E-state index in [1.54, 1.807) is 43.3 Å². The second kappa shape index (κ2) is 6.68. The molecule has 0 fully saturated rings. The van der Waals surface area contributed by atoms with Crippen molar-refractivity contribution in [1.29, 1.82) is 0 Å². The Morgan fingerprint density at radius 2 is 1.84 bits per heavy atom. The molecular formula is C19H19N3O3. The highest BCUT2D eigenvalue weighted by Crippen LogP contribution is 2.22. The third-order valence-corrected chi connectivity index (χ3v) is 4.06. The van der Waals surface area contributed by atoms with Gasteiger partial charge in [-0.25, -0.2) is 0 Å². The number of hydrogen-bond acceptors (Lipinski definition) is 3. The van der Waals surface area contributed by atoms with Crippen LogP contribution in [0.5, 0.6) is 5.75 Å². The van der Waals surface area contributed by atoms with Crippen molar-refractivity contribution >= 4 is 22.7 Å². The lowest BCUT2D eigenvalue weighted by Crippen LogP contribution is -2.26. The maximum atomic E-state index is 12.6. The lowest BCUT2D eigenvalue weighted by atomic mass is 10.1. The molecular weight excluding hydrogens is 318 g/mol. The average Bonchev–Trinajstić information content (AvgIpc) is 3.04. The number of carbonyl (C=O) groups is 2. The summed E-state index contributed by atoms with van der Waals surface area (Å²) < 4.78 is 5.20. The Hall–Kier alpha value is -3.28. The highest BCUT2D eigenvalue weighted by Gasteiger charge is 2.15. The quantitative estimate of drug-likeness (QED) is 0.750. The molecule has 0 aliphatic rings. The van der Waals surface area contributed by atoms with E-state index in [9.17, 15) is 9.59 Å². The molecule has 1 aromatic heterocycles.